The lowest BCUT2D eigenvalue weighted by Gasteiger charge is -2.18. The third kappa shape index (κ3) is 5.43. The van der Waals surface area contributed by atoms with Crippen LogP contribution in [-0.4, -0.2) is 24.6 Å². The SMILES string of the molecule is CCOC(=O)[C@H](Cc1ccccc1)NC(=O)Nc1cccc(C)c1. The molecule has 0 spiro atoms. The smallest absolute Gasteiger partial charge is 0.329 e. The molecule has 0 fully saturated rings. The maximum absolute atomic E-state index is 12.2. The predicted octanol–water partition coefficient (Wildman–Crippen LogP) is 3.29. The molecule has 2 aromatic carbocycles. The molecule has 2 N–H and O–H groups in total. The van der Waals surface area contributed by atoms with E-state index in [2.05, 4.69) is 10.6 Å². The first kappa shape index (κ1) is 17.5. The van der Waals surface area contributed by atoms with E-state index in [-0.39, 0.29) is 6.61 Å². The summed E-state index contributed by atoms with van der Waals surface area (Å²) in [7, 11) is 0. The third-order valence-corrected chi connectivity index (χ3v) is 3.44. The van der Waals surface area contributed by atoms with Crippen molar-refractivity contribution >= 4 is 17.7 Å². The summed E-state index contributed by atoms with van der Waals surface area (Å²) in [5.41, 5.74) is 2.67. The van der Waals surface area contributed by atoms with Gasteiger partial charge in [0, 0.05) is 12.1 Å². The second-order valence-corrected chi connectivity index (χ2v) is 5.46. The first-order valence-electron chi connectivity index (χ1n) is 7.93. The molecule has 0 heterocycles. The summed E-state index contributed by atoms with van der Waals surface area (Å²) in [6, 6.07) is 15.8. The molecule has 5 nitrogen and oxygen atoms in total. The van der Waals surface area contributed by atoms with Crippen LogP contribution in [0.2, 0.25) is 0 Å². The molecule has 126 valence electrons. The van der Waals surface area contributed by atoms with Gasteiger partial charge < -0.3 is 15.4 Å². The standard InChI is InChI=1S/C19H22N2O3/c1-3-24-18(22)17(13-15-9-5-4-6-10-15)21-19(23)20-16-11-7-8-14(2)12-16/h4-12,17H,3,13H2,1-2H3,(H2,20,21,23)/t17-/m0/s1. The fraction of sp³-hybridized carbons (Fsp3) is 0.263. The number of aryl methyl sites for hydroxylation is 1. The topological polar surface area (TPSA) is 67.4 Å². The number of benzene rings is 2. The minimum Gasteiger partial charge on any atom is -0.464 e. The lowest BCUT2D eigenvalue weighted by Crippen LogP contribution is -2.45. The number of hydrogen-bond donors (Lipinski definition) is 2. The average molecular weight is 326 g/mol. The number of esters is 1. The molecule has 0 aliphatic carbocycles. The first-order valence-corrected chi connectivity index (χ1v) is 7.93. The quantitative estimate of drug-likeness (QED) is 0.801. The van der Waals surface area contributed by atoms with Crippen molar-refractivity contribution in [2.75, 3.05) is 11.9 Å². The van der Waals surface area contributed by atoms with Crippen molar-refractivity contribution in [3.05, 3.63) is 65.7 Å². The van der Waals surface area contributed by atoms with Crippen LogP contribution in [0.3, 0.4) is 0 Å². The summed E-state index contributed by atoms with van der Waals surface area (Å²) >= 11 is 0. The molecule has 0 aliphatic rings. The number of carbonyl (C=O) groups is 2. The van der Waals surface area contributed by atoms with Gasteiger partial charge in [-0.25, -0.2) is 9.59 Å². The molecule has 1 atom stereocenters. The number of hydrogen-bond acceptors (Lipinski definition) is 3. The fourth-order valence-electron chi connectivity index (χ4n) is 2.33. The van der Waals surface area contributed by atoms with Crippen LogP contribution in [0.15, 0.2) is 54.6 Å². The second-order valence-electron chi connectivity index (χ2n) is 5.46. The van der Waals surface area contributed by atoms with Gasteiger partial charge in [-0.3, -0.25) is 0 Å². The van der Waals surface area contributed by atoms with Crippen LogP contribution >= 0.6 is 0 Å². The zero-order chi connectivity index (χ0) is 17.4. The Kier molecular flexibility index (Phi) is 6.37. The zero-order valence-corrected chi connectivity index (χ0v) is 13.9. The maximum atomic E-state index is 12.2. The van der Waals surface area contributed by atoms with E-state index >= 15 is 0 Å². The van der Waals surface area contributed by atoms with Gasteiger partial charge in [-0.2, -0.15) is 0 Å². The van der Waals surface area contributed by atoms with Gasteiger partial charge in [-0.05, 0) is 37.1 Å². The Hall–Kier alpha value is -2.82. The van der Waals surface area contributed by atoms with Crippen LogP contribution in [0.4, 0.5) is 10.5 Å². The minimum atomic E-state index is -0.739. The lowest BCUT2D eigenvalue weighted by molar-refractivity contribution is -0.145. The number of nitrogens with one attached hydrogen (secondary N) is 2. The van der Waals surface area contributed by atoms with Gasteiger partial charge in [0.2, 0.25) is 0 Å². The van der Waals surface area contributed by atoms with Crippen molar-refractivity contribution in [1.82, 2.24) is 5.32 Å². The molecule has 0 radical (unpaired) electrons. The summed E-state index contributed by atoms with van der Waals surface area (Å²) in [4.78, 5) is 24.3. The summed E-state index contributed by atoms with van der Waals surface area (Å²) < 4.78 is 5.07. The van der Waals surface area contributed by atoms with E-state index in [1.165, 1.54) is 0 Å². The number of amides is 2. The van der Waals surface area contributed by atoms with Crippen LogP contribution < -0.4 is 10.6 Å². The Morgan fingerprint density at radius 3 is 2.50 bits per heavy atom. The normalized spacial score (nSPS) is 11.4. The van der Waals surface area contributed by atoms with Crippen molar-refractivity contribution in [3.8, 4) is 0 Å². The van der Waals surface area contributed by atoms with Gasteiger partial charge >= 0.3 is 12.0 Å². The van der Waals surface area contributed by atoms with E-state index in [1.807, 2.05) is 55.5 Å². The third-order valence-electron chi connectivity index (χ3n) is 3.44. The molecule has 0 unspecified atom stereocenters. The van der Waals surface area contributed by atoms with E-state index in [9.17, 15) is 9.59 Å². The number of ether oxygens (including phenoxy) is 1. The largest absolute Gasteiger partial charge is 0.464 e. The molecule has 0 saturated carbocycles. The monoisotopic (exact) mass is 326 g/mol. The van der Waals surface area contributed by atoms with Crippen LogP contribution in [0, 0.1) is 6.92 Å². The summed E-state index contributed by atoms with van der Waals surface area (Å²) in [5.74, 6) is -0.444. The van der Waals surface area contributed by atoms with Crippen molar-refractivity contribution in [3.63, 3.8) is 0 Å². The minimum absolute atomic E-state index is 0.269. The Balaban J connectivity index is 2.03. The molecule has 0 aromatic heterocycles. The highest BCUT2D eigenvalue weighted by atomic mass is 16.5. The molecule has 2 aromatic rings. The van der Waals surface area contributed by atoms with Crippen LogP contribution in [0.25, 0.3) is 0 Å². The van der Waals surface area contributed by atoms with Gasteiger partial charge in [0.1, 0.15) is 6.04 Å². The fourth-order valence-corrected chi connectivity index (χ4v) is 2.33. The number of carbonyl (C=O) groups excluding carboxylic acids is 2. The molecular formula is C19H22N2O3. The predicted molar refractivity (Wildman–Crippen MR) is 93.9 cm³/mol. The van der Waals surface area contributed by atoms with E-state index in [0.29, 0.717) is 12.1 Å². The molecule has 0 bridgehead atoms. The Labute approximate surface area is 142 Å². The number of anilines is 1. The van der Waals surface area contributed by atoms with Crippen molar-refractivity contribution in [2.24, 2.45) is 0 Å². The molecule has 2 amide bonds. The van der Waals surface area contributed by atoms with E-state index in [4.69, 9.17) is 4.74 Å². The van der Waals surface area contributed by atoms with Crippen molar-refractivity contribution < 1.29 is 14.3 Å². The van der Waals surface area contributed by atoms with Gasteiger partial charge in [0.25, 0.3) is 0 Å². The van der Waals surface area contributed by atoms with Gasteiger partial charge in [0.05, 0.1) is 6.61 Å². The van der Waals surface area contributed by atoms with Crippen molar-refractivity contribution in [2.45, 2.75) is 26.3 Å². The summed E-state index contributed by atoms with van der Waals surface area (Å²) in [6.45, 7) is 3.95. The van der Waals surface area contributed by atoms with Crippen LogP contribution in [0.1, 0.15) is 18.1 Å². The van der Waals surface area contributed by atoms with Gasteiger partial charge in [-0.1, -0.05) is 42.5 Å². The molecule has 24 heavy (non-hydrogen) atoms. The Morgan fingerprint density at radius 1 is 1.08 bits per heavy atom. The maximum Gasteiger partial charge on any atom is 0.329 e. The van der Waals surface area contributed by atoms with Gasteiger partial charge in [0.15, 0.2) is 0 Å². The van der Waals surface area contributed by atoms with E-state index in [0.717, 1.165) is 11.1 Å². The van der Waals surface area contributed by atoms with Crippen LogP contribution in [-0.2, 0) is 16.0 Å². The highest BCUT2D eigenvalue weighted by Gasteiger charge is 2.22. The number of rotatable bonds is 6. The Bertz CT molecular complexity index is 686. The second kappa shape index (κ2) is 8.72. The highest BCUT2D eigenvalue weighted by molar-refractivity contribution is 5.92. The number of urea groups is 1. The Morgan fingerprint density at radius 2 is 1.83 bits per heavy atom. The van der Waals surface area contributed by atoms with Crippen LogP contribution in [0.5, 0.6) is 0 Å². The molecule has 0 saturated heterocycles. The average Bonchev–Trinajstić information content (AvgIpc) is 2.55. The van der Waals surface area contributed by atoms with Crippen molar-refractivity contribution in [1.29, 1.82) is 0 Å². The highest BCUT2D eigenvalue weighted by Crippen LogP contribution is 2.10. The van der Waals surface area contributed by atoms with E-state index < -0.39 is 18.0 Å². The summed E-state index contributed by atoms with van der Waals surface area (Å²) in [6.07, 6.45) is 0.376. The first-order chi connectivity index (χ1) is 11.6. The van der Waals surface area contributed by atoms with Gasteiger partial charge in [-0.15, -0.1) is 0 Å². The lowest BCUT2D eigenvalue weighted by atomic mass is 10.1. The molecular weight excluding hydrogens is 304 g/mol. The van der Waals surface area contributed by atoms with E-state index in [1.54, 1.807) is 13.0 Å². The molecule has 5 heteroatoms. The zero-order valence-electron chi connectivity index (χ0n) is 13.9. The molecule has 2 rings (SSSR count). The molecule has 0 aliphatic heterocycles. The summed E-state index contributed by atoms with van der Waals surface area (Å²) in [5, 5.41) is 5.43.